The molecule has 1 N–H and O–H groups in total. The maximum Gasteiger partial charge on any atom is 0.513 e. The molecular weight excluding hydrogens is 340 g/mol. The molecule has 2 rings (SSSR count). The van der Waals surface area contributed by atoms with Gasteiger partial charge in [0.2, 0.25) is 0 Å². The number of hydrogen-bond donors (Lipinski definition) is 1. The Morgan fingerprint density at radius 2 is 1.38 bits per heavy atom. The molecule has 7 heteroatoms. The smallest absolute Gasteiger partial charge is 0.461 e. The van der Waals surface area contributed by atoms with E-state index in [-0.39, 0.29) is 26.4 Å². The Labute approximate surface area is 151 Å². The van der Waals surface area contributed by atoms with Crippen LogP contribution in [0.2, 0.25) is 0 Å². The quantitative estimate of drug-likeness (QED) is 0.417. The molecular formula is C19H20O7. The summed E-state index contributed by atoms with van der Waals surface area (Å²) in [5, 5.41) is 9.83. The third-order valence-electron chi connectivity index (χ3n) is 3.20. The average Bonchev–Trinajstić information content (AvgIpc) is 2.68. The van der Waals surface area contributed by atoms with Crippen LogP contribution in [0.3, 0.4) is 0 Å². The van der Waals surface area contributed by atoms with Gasteiger partial charge in [-0.05, 0) is 17.7 Å². The molecule has 0 saturated carbocycles. The molecule has 0 spiro atoms. The summed E-state index contributed by atoms with van der Waals surface area (Å²) in [6, 6.07) is 17.0. The lowest BCUT2D eigenvalue weighted by Gasteiger charge is -2.11. The number of hydrogen-bond acceptors (Lipinski definition) is 7. The van der Waals surface area contributed by atoms with Crippen LogP contribution in [-0.4, -0.2) is 43.7 Å². The largest absolute Gasteiger partial charge is 0.513 e. The Morgan fingerprint density at radius 3 is 2.04 bits per heavy atom. The summed E-state index contributed by atoms with van der Waals surface area (Å²) in [5.41, 5.74) is 0.462. The van der Waals surface area contributed by atoms with Crippen molar-refractivity contribution in [2.24, 2.45) is 0 Å². The Bertz CT molecular complexity index is 673. The molecule has 0 saturated heterocycles. The van der Waals surface area contributed by atoms with E-state index in [0.717, 1.165) is 0 Å². The molecule has 26 heavy (non-hydrogen) atoms. The van der Waals surface area contributed by atoms with E-state index in [0.29, 0.717) is 11.3 Å². The zero-order valence-corrected chi connectivity index (χ0v) is 14.1. The minimum atomic E-state index is -1.33. The van der Waals surface area contributed by atoms with E-state index in [1.807, 2.05) is 0 Å². The summed E-state index contributed by atoms with van der Waals surface area (Å²) in [6.45, 7) is 0.233. The highest BCUT2D eigenvalue weighted by molar-refractivity contribution is 5.76. The summed E-state index contributed by atoms with van der Waals surface area (Å²) in [7, 11) is 0. The van der Waals surface area contributed by atoms with E-state index in [9.17, 15) is 14.7 Å². The predicted molar refractivity (Wildman–Crippen MR) is 91.6 cm³/mol. The lowest BCUT2D eigenvalue weighted by molar-refractivity contribution is -0.155. The number of rotatable bonds is 9. The van der Waals surface area contributed by atoms with Crippen molar-refractivity contribution in [1.29, 1.82) is 0 Å². The molecule has 0 amide bonds. The zero-order chi connectivity index (χ0) is 18.6. The summed E-state index contributed by atoms with van der Waals surface area (Å²) in [5.74, 6) is -0.357. The molecule has 2 aromatic carbocycles. The van der Waals surface area contributed by atoms with Gasteiger partial charge in [0.25, 0.3) is 0 Å². The third-order valence-corrected chi connectivity index (χ3v) is 3.20. The van der Waals surface area contributed by atoms with E-state index in [1.165, 1.54) is 0 Å². The van der Waals surface area contributed by atoms with E-state index in [2.05, 4.69) is 0 Å². The third kappa shape index (κ3) is 6.92. The summed E-state index contributed by atoms with van der Waals surface area (Å²) in [4.78, 5) is 23.1. The Balaban J connectivity index is 1.51. The molecule has 0 fully saturated rings. The van der Waals surface area contributed by atoms with Crippen molar-refractivity contribution in [3.63, 3.8) is 0 Å². The number of benzene rings is 2. The van der Waals surface area contributed by atoms with Gasteiger partial charge in [0.1, 0.15) is 19.0 Å². The van der Waals surface area contributed by atoms with Crippen molar-refractivity contribution in [1.82, 2.24) is 0 Å². The molecule has 0 radical (unpaired) electrons. The average molecular weight is 360 g/mol. The molecule has 0 bridgehead atoms. The second kappa shape index (κ2) is 10.9. The topological polar surface area (TPSA) is 91.3 Å². The number of para-hydroxylation sites is 1. The van der Waals surface area contributed by atoms with Crippen LogP contribution in [0.25, 0.3) is 0 Å². The first-order valence-corrected chi connectivity index (χ1v) is 8.04. The predicted octanol–water partition coefficient (Wildman–Crippen LogP) is 2.50. The number of aliphatic hydroxyl groups excluding tert-OH is 1. The number of carbonyl (C=O) groups is 2. The van der Waals surface area contributed by atoms with Gasteiger partial charge >= 0.3 is 12.1 Å². The van der Waals surface area contributed by atoms with E-state index in [4.69, 9.17) is 18.9 Å². The Kier molecular flexibility index (Phi) is 8.11. The molecule has 138 valence electrons. The Morgan fingerprint density at radius 1 is 0.808 bits per heavy atom. The van der Waals surface area contributed by atoms with Gasteiger partial charge in [0.15, 0.2) is 6.10 Å². The van der Waals surface area contributed by atoms with Crippen LogP contribution in [0.5, 0.6) is 5.75 Å². The normalized spacial score (nSPS) is 11.4. The van der Waals surface area contributed by atoms with Crippen molar-refractivity contribution >= 4 is 12.1 Å². The van der Waals surface area contributed by atoms with Crippen molar-refractivity contribution < 1.29 is 33.6 Å². The summed E-state index contributed by atoms with van der Waals surface area (Å²) >= 11 is 0. The van der Waals surface area contributed by atoms with Crippen LogP contribution >= 0.6 is 0 Å². The fourth-order valence-corrected chi connectivity index (χ4v) is 1.95. The lowest BCUT2D eigenvalue weighted by Crippen LogP contribution is -2.19. The molecule has 0 aliphatic carbocycles. The van der Waals surface area contributed by atoms with E-state index < -0.39 is 18.2 Å². The van der Waals surface area contributed by atoms with Gasteiger partial charge in [-0.3, -0.25) is 0 Å². The fourth-order valence-electron chi connectivity index (χ4n) is 1.95. The second-order valence-electron chi connectivity index (χ2n) is 5.11. The van der Waals surface area contributed by atoms with Crippen molar-refractivity contribution in [3.05, 3.63) is 66.2 Å². The van der Waals surface area contributed by atoms with Crippen molar-refractivity contribution in [2.75, 3.05) is 26.4 Å². The summed E-state index contributed by atoms with van der Waals surface area (Å²) in [6.07, 6.45) is -2.15. The maximum absolute atomic E-state index is 11.7. The zero-order valence-electron chi connectivity index (χ0n) is 14.1. The monoisotopic (exact) mass is 360 g/mol. The molecule has 0 aliphatic heterocycles. The first kappa shape index (κ1) is 19.4. The molecule has 7 nitrogen and oxygen atoms in total. The maximum atomic E-state index is 11.7. The molecule has 0 aromatic heterocycles. The second-order valence-corrected chi connectivity index (χ2v) is 5.11. The highest BCUT2D eigenvalue weighted by Crippen LogP contribution is 2.13. The van der Waals surface area contributed by atoms with Crippen LogP contribution in [0, 0.1) is 0 Å². The highest BCUT2D eigenvalue weighted by Gasteiger charge is 2.18. The first-order valence-electron chi connectivity index (χ1n) is 8.04. The van der Waals surface area contributed by atoms with Crippen molar-refractivity contribution in [3.8, 4) is 5.75 Å². The van der Waals surface area contributed by atoms with Gasteiger partial charge in [-0.15, -0.1) is 0 Å². The van der Waals surface area contributed by atoms with Crippen LogP contribution in [0.1, 0.15) is 11.7 Å². The number of ether oxygens (including phenoxy) is 4. The molecule has 0 heterocycles. The van der Waals surface area contributed by atoms with Gasteiger partial charge in [0.05, 0.1) is 13.2 Å². The van der Waals surface area contributed by atoms with Crippen LogP contribution < -0.4 is 4.74 Å². The van der Waals surface area contributed by atoms with Gasteiger partial charge in [-0.25, -0.2) is 9.59 Å². The van der Waals surface area contributed by atoms with Crippen LogP contribution in [0.15, 0.2) is 60.7 Å². The lowest BCUT2D eigenvalue weighted by atomic mass is 10.1. The highest BCUT2D eigenvalue weighted by atomic mass is 16.7. The van der Waals surface area contributed by atoms with Gasteiger partial charge in [-0.2, -0.15) is 0 Å². The van der Waals surface area contributed by atoms with Crippen molar-refractivity contribution in [2.45, 2.75) is 6.10 Å². The molecule has 0 aliphatic rings. The fraction of sp³-hybridized carbons (Fsp3) is 0.263. The van der Waals surface area contributed by atoms with Gasteiger partial charge in [-0.1, -0.05) is 48.5 Å². The number of esters is 1. The minimum absolute atomic E-state index is 0.00620. The SMILES string of the molecule is O=C(OCCOCCOC(=O)C(O)c1ccccc1)Oc1ccccc1. The molecule has 2 aromatic rings. The number of carbonyl (C=O) groups excluding carboxylic acids is 2. The minimum Gasteiger partial charge on any atom is -0.461 e. The number of aliphatic hydroxyl groups is 1. The van der Waals surface area contributed by atoms with Gasteiger partial charge < -0.3 is 24.1 Å². The van der Waals surface area contributed by atoms with E-state index in [1.54, 1.807) is 60.7 Å². The van der Waals surface area contributed by atoms with Crippen LogP contribution in [0.4, 0.5) is 4.79 Å². The first-order chi connectivity index (χ1) is 12.7. The summed E-state index contributed by atoms with van der Waals surface area (Å²) < 4.78 is 19.9. The van der Waals surface area contributed by atoms with Crippen LogP contribution in [-0.2, 0) is 19.0 Å². The standard InChI is InChI=1S/C19H20O7/c20-17(15-7-3-1-4-8-15)18(21)24-13-11-23-12-14-25-19(22)26-16-9-5-2-6-10-16/h1-10,17,20H,11-14H2. The van der Waals surface area contributed by atoms with Gasteiger partial charge in [0, 0.05) is 0 Å². The van der Waals surface area contributed by atoms with E-state index >= 15 is 0 Å². The molecule has 1 unspecified atom stereocenters. The Hall–Kier alpha value is -2.90. The molecule has 1 atom stereocenters.